The molecule has 3 aliphatic rings. The zero-order valence-corrected chi connectivity index (χ0v) is 14.4. The van der Waals surface area contributed by atoms with E-state index in [0.717, 1.165) is 44.5 Å². The number of ether oxygens (including phenoxy) is 2. The van der Waals surface area contributed by atoms with Crippen molar-refractivity contribution in [3.63, 3.8) is 0 Å². The Morgan fingerprint density at radius 3 is 3.00 bits per heavy atom. The van der Waals surface area contributed by atoms with E-state index in [1.165, 1.54) is 18.4 Å². The van der Waals surface area contributed by atoms with E-state index >= 15 is 0 Å². The maximum absolute atomic E-state index is 12.2. The molecule has 3 heterocycles. The van der Waals surface area contributed by atoms with Gasteiger partial charge in [0.05, 0.1) is 25.8 Å². The van der Waals surface area contributed by atoms with Crippen molar-refractivity contribution in [2.24, 2.45) is 5.92 Å². The monoisotopic (exact) mass is 330 g/mol. The summed E-state index contributed by atoms with van der Waals surface area (Å²) in [5.74, 6) is 0.959. The van der Waals surface area contributed by atoms with Crippen molar-refractivity contribution >= 4 is 5.91 Å². The molecule has 0 N–H and O–H groups in total. The van der Waals surface area contributed by atoms with Gasteiger partial charge < -0.3 is 14.4 Å². The Labute approximate surface area is 143 Å². The van der Waals surface area contributed by atoms with Crippen LogP contribution in [-0.2, 0) is 20.9 Å². The van der Waals surface area contributed by atoms with Crippen LogP contribution in [0, 0.1) is 12.8 Å². The first kappa shape index (κ1) is 16.0. The van der Waals surface area contributed by atoms with Crippen LogP contribution in [0.5, 0.6) is 0 Å². The van der Waals surface area contributed by atoms with Crippen LogP contribution in [0.4, 0.5) is 0 Å². The number of aryl methyl sites for hydroxylation is 1. The zero-order chi connectivity index (χ0) is 16.6. The maximum Gasteiger partial charge on any atom is 0.223 e. The molecule has 1 atom stereocenters. The van der Waals surface area contributed by atoms with Crippen LogP contribution < -0.4 is 0 Å². The van der Waals surface area contributed by atoms with Crippen LogP contribution in [0.25, 0.3) is 0 Å². The van der Waals surface area contributed by atoms with E-state index in [4.69, 9.17) is 9.47 Å². The van der Waals surface area contributed by atoms with E-state index in [9.17, 15) is 4.79 Å². The molecule has 5 nitrogen and oxygen atoms in total. The summed E-state index contributed by atoms with van der Waals surface area (Å²) in [4.78, 5) is 18.3. The molecule has 3 fully saturated rings. The lowest BCUT2D eigenvalue weighted by atomic mass is 9.84. The van der Waals surface area contributed by atoms with Crippen LogP contribution in [-0.4, -0.2) is 47.2 Å². The molecule has 1 saturated carbocycles. The van der Waals surface area contributed by atoms with Crippen molar-refractivity contribution in [1.82, 2.24) is 9.88 Å². The van der Waals surface area contributed by atoms with Crippen molar-refractivity contribution in [2.75, 3.05) is 19.7 Å². The number of rotatable bonds is 5. The van der Waals surface area contributed by atoms with Crippen molar-refractivity contribution < 1.29 is 14.3 Å². The molecule has 1 amide bonds. The molecule has 2 aliphatic heterocycles. The minimum atomic E-state index is -0.161. The predicted molar refractivity (Wildman–Crippen MR) is 89.4 cm³/mol. The van der Waals surface area contributed by atoms with Gasteiger partial charge in [-0.3, -0.25) is 9.78 Å². The Hall–Kier alpha value is -1.46. The molecule has 1 spiro atoms. The van der Waals surface area contributed by atoms with Crippen LogP contribution in [0.3, 0.4) is 0 Å². The van der Waals surface area contributed by atoms with Crippen LogP contribution >= 0.6 is 0 Å². The fraction of sp³-hybridized carbons (Fsp3) is 0.684. The highest BCUT2D eigenvalue weighted by atomic mass is 16.5. The summed E-state index contributed by atoms with van der Waals surface area (Å²) in [6, 6.07) is 2.01. The Balaban J connectivity index is 1.27. The predicted octanol–water partition coefficient (Wildman–Crippen LogP) is 2.47. The Morgan fingerprint density at radius 2 is 2.25 bits per heavy atom. The number of aromatic nitrogens is 1. The quantitative estimate of drug-likeness (QED) is 0.832. The zero-order valence-electron chi connectivity index (χ0n) is 14.4. The standard InChI is InChI=1S/C19H26N2O3/c1-14-4-6-20-10-16(14)11-23-17-5-7-24-19(9-17)12-21(13-19)18(22)8-15-2-3-15/h4,6,10,15,17H,2-3,5,7-9,11-13H2,1H3/t17-/m0/s1. The smallest absolute Gasteiger partial charge is 0.223 e. The first-order valence-electron chi connectivity index (χ1n) is 9.06. The van der Waals surface area contributed by atoms with Gasteiger partial charge in [-0.15, -0.1) is 0 Å². The molecule has 0 unspecified atom stereocenters. The molecule has 1 aromatic rings. The van der Waals surface area contributed by atoms with Gasteiger partial charge in [0.2, 0.25) is 5.91 Å². The topological polar surface area (TPSA) is 51.7 Å². The number of hydrogen-bond acceptors (Lipinski definition) is 4. The molecule has 5 heteroatoms. The molecule has 24 heavy (non-hydrogen) atoms. The summed E-state index contributed by atoms with van der Waals surface area (Å²) in [7, 11) is 0. The van der Waals surface area contributed by atoms with E-state index in [0.29, 0.717) is 18.4 Å². The maximum atomic E-state index is 12.2. The third kappa shape index (κ3) is 3.47. The number of likely N-dealkylation sites (tertiary alicyclic amines) is 1. The Morgan fingerprint density at radius 1 is 1.42 bits per heavy atom. The second-order valence-electron chi connectivity index (χ2n) is 7.66. The van der Waals surface area contributed by atoms with Crippen molar-refractivity contribution in [3.8, 4) is 0 Å². The molecule has 0 aromatic carbocycles. The van der Waals surface area contributed by atoms with Crippen molar-refractivity contribution in [1.29, 1.82) is 0 Å². The second-order valence-corrected chi connectivity index (χ2v) is 7.66. The fourth-order valence-corrected chi connectivity index (χ4v) is 3.72. The number of hydrogen-bond donors (Lipinski definition) is 0. The number of pyridine rings is 1. The largest absolute Gasteiger partial charge is 0.373 e. The first-order valence-corrected chi connectivity index (χ1v) is 9.06. The summed E-state index contributed by atoms with van der Waals surface area (Å²) >= 11 is 0. The van der Waals surface area contributed by atoms with Crippen LogP contribution in [0.1, 0.15) is 43.2 Å². The fourth-order valence-electron chi connectivity index (χ4n) is 3.72. The van der Waals surface area contributed by atoms with Gasteiger partial charge >= 0.3 is 0 Å². The van der Waals surface area contributed by atoms with E-state index in [1.54, 1.807) is 0 Å². The average Bonchev–Trinajstić information content (AvgIpc) is 3.36. The lowest BCUT2D eigenvalue weighted by molar-refractivity contribution is -0.202. The van der Waals surface area contributed by atoms with Gasteiger partial charge in [0.1, 0.15) is 5.60 Å². The first-order chi connectivity index (χ1) is 11.6. The number of carbonyl (C=O) groups excluding carboxylic acids is 1. The average molecular weight is 330 g/mol. The van der Waals surface area contributed by atoms with Gasteiger partial charge in [0, 0.05) is 31.8 Å². The lowest BCUT2D eigenvalue weighted by Crippen LogP contribution is -2.67. The van der Waals surface area contributed by atoms with E-state index < -0.39 is 0 Å². The van der Waals surface area contributed by atoms with E-state index in [-0.39, 0.29) is 11.7 Å². The van der Waals surface area contributed by atoms with Gasteiger partial charge in [-0.25, -0.2) is 0 Å². The lowest BCUT2D eigenvalue weighted by Gasteiger charge is -2.53. The minimum Gasteiger partial charge on any atom is -0.373 e. The van der Waals surface area contributed by atoms with E-state index in [2.05, 4.69) is 11.9 Å². The van der Waals surface area contributed by atoms with Crippen LogP contribution in [0.15, 0.2) is 18.5 Å². The highest BCUT2D eigenvalue weighted by Crippen LogP contribution is 2.38. The van der Waals surface area contributed by atoms with Crippen LogP contribution in [0.2, 0.25) is 0 Å². The third-order valence-corrected chi connectivity index (χ3v) is 5.54. The Bertz CT molecular complexity index is 608. The summed E-state index contributed by atoms with van der Waals surface area (Å²) < 4.78 is 12.2. The highest BCUT2D eigenvalue weighted by molar-refractivity contribution is 5.78. The van der Waals surface area contributed by atoms with Gasteiger partial charge in [0.15, 0.2) is 0 Å². The number of nitrogens with zero attached hydrogens (tertiary/aromatic N) is 2. The van der Waals surface area contributed by atoms with Crippen molar-refractivity contribution in [3.05, 3.63) is 29.6 Å². The van der Waals surface area contributed by atoms with E-state index in [1.807, 2.05) is 23.4 Å². The van der Waals surface area contributed by atoms with Gasteiger partial charge in [-0.1, -0.05) is 0 Å². The molecule has 0 radical (unpaired) electrons. The second kappa shape index (κ2) is 6.45. The molecule has 4 rings (SSSR count). The molecule has 130 valence electrons. The SMILES string of the molecule is Cc1ccncc1CO[C@H]1CCOC2(C1)CN(C(=O)CC1CC1)C2. The van der Waals surface area contributed by atoms with Gasteiger partial charge in [-0.2, -0.15) is 0 Å². The molecular formula is C19H26N2O3. The normalized spacial score (nSPS) is 25.5. The third-order valence-electron chi connectivity index (χ3n) is 5.54. The Kier molecular flexibility index (Phi) is 4.31. The molecule has 2 saturated heterocycles. The number of amides is 1. The minimum absolute atomic E-state index is 0.161. The molecular weight excluding hydrogens is 304 g/mol. The summed E-state index contributed by atoms with van der Waals surface area (Å²) in [5, 5.41) is 0. The summed E-state index contributed by atoms with van der Waals surface area (Å²) in [6.07, 6.45) is 8.90. The summed E-state index contributed by atoms with van der Waals surface area (Å²) in [5.41, 5.74) is 2.20. The number of carbonyl (C=O) groups is 1. The summed E-state index contributed by atoms with van der Waals surface area (Å²) in [6.45, 7) is 4.89. The molecule has 0 bridgehead atoms. The molecule has 1 aliphatic carbocycles. The van der Waals surface area contributed by atoms with Crippen molar-refractivity contribution in [2.45, 2.75) is 57.3 Å². The molecule has 1 aromatic heterocycles. The highest BCUT2D eigenvalue weighted by Gasteiger charge is 2.49. The van der Waals surface area contributed by atoms with Gasteiger partial charge in [0.25, 0.3) is 0 Å². The van der Waals surface area contributed by atoms with Gasteiger partial charge in [-0.05, 0) is 49.3 Å².